The van der Waals surface area contributed by atoms with Crippen LogP contribution in [0.4, 0.5) is 0 Å². The summed E-state index contributed by atoms with van der Waals surface area (Å²) in [6.07, 6.45) is 1.22. The highest BCUT2D eigenvalue weighted by Crippen LogP contribution is 1.76. The lowest BCUT2D eigenvalue weighted by atomic mass is 10.6. The normalized spacial score (nSPS) is 9.15. The van der Waals surface area contributed by atoms with Gasteiger partial charge < -0.3 is 15.0 Å². The zero-order valence-electron chi connectivity index (χ0n) is 8.08. The minimum atomic E-state index is -0.208. The number of rotatable bonds is 6. The third-order valence-corrected chi connectivity index (χ3v) is 1.22. The van der Waals surface area contributed by atoms with Crippen molar-refractivity contribution in [3.63, 3.8) is 0 Å². The van der Waals surface area contributed by atoms with Crippen LogP contribution in [0, 0.1) is 0 Å². The highest BCUT2D eigenvalue weighted by Gasteiger charge is 1.92. The number of hydrogen-bond donors (Lipinski definition) is 1. The third kappa shape index (κ3) is 11.4. The number of hydrogen-bond acceptors (Lipinski definition) is 3. The fourth-order valence-electron chi connectivity index (χ4n) is 0.514. The van der Waals surface area contributed by atoms with E-state index in [1.807, 2.05) is 19.0 Å². The van der Waals surface area contributed by atoms with E-state index in [1.165, 1.54) is 6.08 Å². The number of amides is 1. The van der Waals surface area contributed by atoms with Gasteiger partial charge in [0.2, 0.25) is 5.91 Å². The molecule has 0 heterocycles. The van der Waals surface area contributed by atoms with Crippen LogP contribution in [0.15, 0.2) is 12.7 Å². The number of nitrogens with zero attached hydrogens (tertiary/aromatic N) is 1. The molecule has 0 fully saturated rings. The topological polar surface area (TPSA) is 41.6 Å². The Morgan fingerprint density at radius 1 is 1.62 bits per heavy atom. The first-order valence-electron chi connectivity index (χ1n) is 3.79. The molecular weight excluding hydrogens is 192 g/mol. The van der Waals surface area contributed by atoms with Gasteiger partial charge in [-0.25, -0.2) is 0 Å². The first kappa shape index (κ1) is 14.9. The second kappa shape index (κ2) is 9.51. The molecular formula is C8H17ClN2O2. The lowest BCUT2D eigenvalue weighted by Gasteiger charge is -2.09. The Kier molecular flexibility index (Phi) is 10.9. The van der Waals surface area contributed by atoms with Gasteiger partial charge in [-0.1, -0.05) is 6.58 Å². The van der Waals surface area contributed by atoms with E-state index < -0.39 is 0 Å². The molecule has 1 amide bonds. The number of halogens is 1. The molecule has 0 spiro atoms. The quantitative estimate of drug-likeness (QED) is 0.387. The predicted octanol–water partition coefficient (Wildman–Crippen LogP) is 0.246. The first-order valence-corrected chi connectivity index (χ1v) is 3.79. The van der Waals surface area contributed by atoms with Crippen LogP contribution in [0.5, 0.6) is 0 Å². The van der Waals surface area contributed by atoms with Crippen molar-refractivity contribution in [3.05, 3.63) is 12.7 Å². The standard InChI is InChI=1S/C8H16N2O2.ClH/c1-4-8(11)9-7-12-6-5-10(2)3;/h4H,1,5-7H2,2-3H3,(H,9,11);1H. The summed E-state index contributed by atoms with van der Waals surface area (Å²) in [7, 11) is 3.93. The second-order valence-electron chi connectivity index (χ2n) is 2.60. The van der Waals surface area contributed by atoms with E-state index in [0.717, 1.165) is 6.54 Å². The molecule has 0 saturated carbocycles. The summed E-state index contributed by atoms with van der Waals surface area (Å²) in [5.74, 6) is -0.208. The van der Waals surface area contributed by atoms with Crippen molar-refractivity contribution >= 4 is 18.3 Å². The molecule has 5 heteroatoms. The Morgan fingerprint density at radius 3 is 2.69 bits per heavy atom. The Bertz CT molecular complexity index is 151. The number of carbonyl (C=O) groups is 1. The molecule has 0 aromatic heterocycles. The molecule has 78 valence electrons. The van der Waals surface area contributed by atoms with Gasteiger partial charge in [0.05, 0.1) is 6.61 Å². The predicted molar refractivity (Wildman–Crippen MR) is 55.0 cm³/mol. The Labute approximate surface area is 85.3 Å². The third-order valence-electron chi connectivity index (χ3n) is 1.22. The molecule has 0 radical (unpaired) electrons. The molecule has 0 aliphatic rings. The van der Waals surface area contributed by atoms with Crippen molar-refractivity contribution < 1.29 is 9.53 Å². The molecule has 0 unspecified atom stereocenters. The monoisotopic (exact) mass is 208 g/mol. The molecule has 1 N–H and O–H groups in total. The minimum Gasteiger partial charge on any atom is -0.360 e. The largest absolute Gasteiger partial charge is 0.360 e. The van der Waals surface area contributed by atoms with Gasteiger partial charge in [0.25, 0.3) is 0 Å². The maximum absolute atomic E-state index is 10.6. The second-order valence-corrected chi connectivity index (χ2v) is 2.60. The summed E-state index contributed by atoms with van der Waals surface area (Å²) >= 11 is 0. The van der Waals surface area contributed by atoms with Crippen molar-refractivity contribution in [2.75, 3.05) is 34.0 Å². The summed E-state index contributed by atoms with van der Waals surface area (Å²) in [6, 6.07) is 0. The van der Waals surface area contributed by atoms with Crippen LogP contribution in [0.3, 0.4) is 0 Å². The van der Waals surface area contributed by atoms with Crippen LogP contribution in [0.2, 0.25) is 0 Å². The molecule has 0 saturated heterocycles. The zero-order valence-corrected chi connectivity index (χ0v) is 8.89. The SMILES string of the molecule is C=CC(=O)NCOCCN(C)C.Cl. The number of ether oxygens (including phenoxy) is 1. The number of carbonyl (C=O) groups excluding carboxylic acids is 1. The summed E-state index contributed by atoms with van der Waals surface area (Å²) in [6.45, 7) is 5.03. The molecule has 0 rings (SSSR count). The first-order chi connectivity index (χ1) is 5.66. The van der Waals surface area contributed by atoms with E-state index in [2.05, 4.69) is 11.9 Å². The van der Waals surface area contributed by atoms with E-state index in [9.17, 15) is 4.79 Å². The Balaban J connectivity index is 0. The van der Waals surface area contributed by atoms with Crippen molar-refractivity contribution in [2.24, 2.45) is 0 Å². The van der Waals surface area contributed by atoms with Gasteiger partial charge >= 0.3 is 0 Å². The highest BCUT2D eigenvalue weighted by molar-refractivity contribution is 5.86. The van der Waals surface area contributed by atoms with Crippen molar-refractivity contribution in [1.82, 2.24) is 10.2 Å². The van der Waals surface area contributed by atoms with Crippen molar-refractivity contribution in [1.29, 1.82) is 0 Å². The van der Waals surface area contributed by atoms with E-state index in [4.69, 9.17) is 4.74 Å². The summed E-state index contributed by atoms with van der Waals surface area (Å²) < 4.78 is 5.10. The molecule has 4 nitrogen and oxygen atoms in total. The molecule has 0 aliphatic heterocycles. The van der Waals surface area contributed by atoms with Gasteiger partial charge in [0.1, 0.15) is 6.73 Å². The van der Waals surface area contributed by atoms with Crippen LogP contribution in [-0.2, 0) is 9.53 Å². The van der Waals surface area contributed by atoms with Crippen LogP contribution in [0.25, 0.3) is 0 Å². The van der Waals surface area contributed by atoms with E-state index >= 15 is 0 Å². The van der Waals surface area contributed by atoms with Gasteiger partial charge in [0, 0.05) is 6.54 Å². The Morgan fingerprint density at radius 2 is 2.23 bits per heavy atom. The van der Waals surface area contributed by atoms with Gasteiger partial charge in [-0.2, -0.15) is 0 Å². The van der Waals surface area contributed by atoms with Gasteiger partial charge in [-0.15, -0.1) is 12.4 Å². The fraction of sp³-hybridized carbons (Fsp3) is 0.625. The number of likely N-dealkylation sites (N-methyl/N-ethyl adjacent to an activating group) is 1. The lowest BCUT2D eigenvalue weighted by molar-refractivity contribution is -0.118. The number of nitrogens with one attached hydrogen (secondary N) is 1. The van der Waals surface area contributed by atoms with Gasteiger partial charge in [-0.3, -0.25) is 4.79 Å². The van der Waals surface area contributed by atoms with E-state index in [-0.39, 0.29) is 25.0 Å². The fourth-order valence-corrected chi connectivity index (χ4v) is 0.514. The Hall–Kier alpha value is -0.580. The minimum absolute atomic E-state index is 0. The van der Waals surface area contributed by atoms with Gasteiger partial charge in [0.15, 0.2) is 0 Å². The molecule has 13 heavy (non-hydrogen) atoms. The summed E-state index contributed by atoms with van der Waals surface area (Å²) in [5, 5.41) is 2.51. The molecule has 0 aliphatic carbocycles. The maximum atomic E-state index is 10.6. The molecule has 0 aromatic rings. The highest BCUT2D eigenvalue weighted by atomic mass is 35.5. The maximum Gasteiger partial charge on any atom is 0.245 e. The zero-order chi connectivity index (χ0) is 9.40. The van der Waals surface area contributed by atoms with Crippen LogP contribution in [0.1, 0.15) is 0 Å². The van der Waals surface area contributed by atoms with Crippen LogP contribution in [-0.4, -0.2) is 44.8 Å². The van der Waals surface area contributed by atoms with Crippen LogP contribution >= 0.6 is 12.4 Å². The summed E-state index contributed by atoms with van der Waals surface area (Å²) in [5.41, 5.74) is 0. The smallest absolute Gasteiger partial charge is 0.245 e. The average molecular weight is 209 g/mol. The average Bonchev–Trinajstić information content (AvgIpc) is 2.03. The molecule has 0 bridgehead atoms. The van der Waals surface area contributed by atoms with Gasteiger partial charge in [-0.05, 0) is 20.2 Å². The van der Waals surface area contributed by atoms with E-state index in [0.29, 0.717) is 6.61 Å². The van der Waals surface area contributed by atoms with E-state index in [1.54, 1.807) is 0 Å². The van der Waals surface area contributed by atoms with Crippen molar-refractivity contribution in [3.8, 4) is 0 Å². The van der Waals surface area contributed by atoms with Crippen LogP contribution < -0.4 is 5.32 Å². The molecule has 0 aromatic carbocycles. The van der Waals surface area contributed by atoms with Crippen molar-refractivity contribution in [2.45, 2.75) is 0 Å². The lowest BCUT2D eigenvalue weighted by Crippen LogP contribution is -2.26. The molecule has 0 atom stereocenters. The summed E-state index contributed by atoms with van der Waals surface area (Å²) in [4.78, 5) is 12.6.